The molecule has 2 N–H and O–H groups in total. The molecule has 3 aliphatic rings. The minimum atomic E-state index is -1.30. The topological polar surface area (TPSA) is 93.1 Å². The standard InChI is InChI=1S/C19H28O6/c1-11(2)15-9-18-12(3)4-5-14(18)13(8-19(15,23)25-18)10-24-17(22)7-6-16(20)21/h8,11-12,14-15,23H,4-7,9-10H2,1-3H3,(H,20,21)/t12-,14?,15-,18-,19-/m0/s1. The van der Waals surface area contributed by atoms with E-state index in [2.05, 4.69) is 20.8 Å². The van der Waals surface area contributed by atoms with Gasteiger partial charge in [-0.1, -0.05) is 20.8 Å². The van der Waals surface area contributed by atoms with Gasteiger partial charge in [-0.25, -0.2) is 0 Å². The van der Waals surface area contributed by atoms with Gasteiger partial charge < -0.3 is 19.7 Å². The lowest BCUT2D eigenvalue weighted by Gasteiger charge is -2.41. The summed E-state index contributed by atoms with van der Waals surface area (Å²) >= 11 is 0. The number of fused-ring (bicyclic) bond motifs is 1. The van der Waals surface area contributed by atoms with Crippen LogP contribution in [0.5, 0.6) is 0 Å². The maximum atomic E-state index is 11.8. The number of carboxylic acids is 1. The van der Waals surface area contributed by atoms with Crippen LogP contribution in [0.1, 0.15) is 52.9 Å². The summed E-state index contributed by atoms with van der Waals surface area (Å²) < 4.78 is 11.6. The Hall–Kier alpha value is -1.40. The van der Waals surface area contributed by atoms with Gasteiger partial charge in [-0.15, -0.1) is 0 Å². The van der Waals surface area contributed by atoms with E-state index in [9.17, 15) is 14.7 Å². The third-order valence-electron chi connectivity index (χ3n) is 6.32. The van der Waals surface area contributed by atoms with Crippen LogP contribution in [0.15, 0.2) is 11.6 Å². The molecule has 5 atom stereocenters. The number of ether oxygens (including phenoxy) is 2. The van der Waals surface area contributed by atoms with Crippen molar-refractivity contribution in [1.29, 1.82) is 0 Å². The minimum Gasteiger partial charge on any atom is -0.481 e. The van der Waals surface area contributed by atoms with Gasteiger partial charge in [-0.2, -0.15) is 0 Å². The Morgan fingerprint density at radius 1 is 1.36 bits per heavy atom. The third kappa shape index (κ3) is 3.10. The van der Waals surface area contributed by atoms with Crippen molar-refractivity contribution in [3.05, 3.63) is 11.6 Å². The molecule has 2 fully saturated rings. The second kappa shape index (κ2) is 6.40. The number of aliphatic carboxylic acids is 1. The smallest absolute Gasteiger partial charge is 0.306 e. The maximum Gasteiger partial charge on any atom is 0.306 e. The van der Waals surface area contributed by atoms with Gasteiger partial charge in [0.1, 0.15) is 6.61 Å². The van der Waals surface area contributed by atoms with Crippen molar-refractivity contribution in [3.8, 4) is 0 Å². The summed E-state index contributed by atoms with van der Waals surface area (Å²) in [5.41, 5.74) is 0.547. The van der Waals surface area contributed by atoms with E-state index in [0.717, 1.165) is 24.8 Å². The molecule has 0 radical (unpaired) electrons. The first-order chi connectivity index (χ1) is 11.7. The average Bonchev–Trinajstić information content (AvgIpc) is 2.98. The number of carbonyl (C=O) groups excluding carboxylic acids is 1. The Bertz CT molecular complexity index is 597. The molecule has 1 saturated carbocycles. The van der Waals surface area contributed by atoms with Gasteiger partial charge >= 0.3 is 11.9 Å². The fourth-order valence-electron chi connectivity index (χ4n) is 4.98. The highest BCUT2D eigenvalue weighted by Crippen LogP contribution is 2.62. The van der Waals surface area contributed by atoms with Crippen LogP contribution in [0.25, 0.3) is 0 Å². The lowest BCUT2D eigenvalue weighted by atomic mass is 9.76. The van der Waals surface area contributed by atoms with Crippen LogP contribution in [-0.2, 0) is 19.1 Å². The van der Waals surface area contributed by atoms with Crippen LogP contribution in [0.4, 0.5) is 0 Å². The zero-order chi connectivity index (χ0) is 18.4. The van der Waals surface area contributed by atoms with Crippen LogP contribution in [0.2, 0.25) is 0 Å². The van der Waals surface area contributed by atoms with Gasteiger partial charge in [0, 0.05) is 11.8 Å². The first kappa shape index (κ1) is 18.4. The number of esters is 1. The second-order valence-electron chi connectivity index (χ2n) is 8.17. The predicted octanol–water partition coefficient (Wildman–Crippen LogP) is 2.50. The van der Waals surface area contributed by atoms with E-state index in [1.807, 2.05) is 0 Å². The minimum absolute atomic E-state index is 0.0239. The Morgan fingerprint density at radius 2 is 2.08 bits per heavy atom. The van der Waals surface area contributed by atoms with E-state index in [1.54, 1.807) is 6.08 Å². The van der Waals surface area contributed by atoms with Crippen molar-refractivity contribution in [2.75, 3.05) is 6.61 Å². The molecule has 1 aliphatic carbocycles. The molecule has 0 aromatic heterocycles. The van der Waals surface area contributed by atoms with Gasteiger partial charge in [-0.05, 0) is 42.7 Å². The molecule has 0 aromatic carbocycles. The summed E-state index contributed by atoms with van der Waals surface area (Å²) in [6.45, 7) is 6.47. The summed E-state index contributed by atoms with van der Waals surface area (Å²) in [5.74, 6) is -2.03. The SMILES string of the molecule is CC(C)[C@@H]1C[C@@]23O[C@@]1(O)C=C(COC(=O)CCC(=O)O)C2CC[C@@H]3C. The van der Waals surface area contributed by atoms with Crippen molar-refractivity contribution >= 4 is 11.9 Å². The highest BCUT2D eigenvalue weighted by atomic mass is 16.6. The van der Waals surface area contributed by atoms with E-state index in [4.69, 9.17) is 14.6 Å². The van der Waals surface area contributed by atoms with Gasteiger partial charge in [0.15, 0.2) is 5.79 Å². The Morgan fingerprint density at radius 3 is 2.72 bits per heavy atom. The molecule has 2 bridgehead atoms. The highest BCUT2D eigenvalue weighted by Gasteiger charge is 2.65. The average molecular weight is 352 g/mol. The number of hydrogen-bond donors (Lipinski definition) is 2. The third-order valence-corrected chi connectivity index (χ3v) is 6.32. The van der Waals surface area contributed by atoms with E-state index in [1.165, 1.54) is 0 Å². The van der Waals surface area contributed by atoms with Crippen LogP contribution < -0.4 is 0 Å². The van der Waals surface area contributed by atoms with Crippen molar-refractivity contribution in [2.24, 2.45) is 23.7 Å². The van der Waals surface area contributed by atoms with Crippen molar-refractivity contribution in [3.63, 3.8) is 0 Å². The molecule has 25 heavy (non-hydrogen) atoms. The van der Waals surface area contributed by atoms with Gasteiger partial charge in [0.25, 0.3) is 0 Å². The summed E-state index contributed by atoms with van der Waals surface area (Å²) in [4.78, 5) is 22.3. The molecule has 2 heterocycles. The van der Waals surface area contributed by atoms with Crippen LogP contribution in [-0.4, -0.2) is 40.1 Å². The largest absolute Gasteiger partial charge is 0.481 e. The van der Waals surface area contributed by atoms with Crippen LogP contribution >= 0.6 is 0 Å². The molecule has 6 nitrogen and oxygen atoms in total. The van der Waals surface area contributed by atoms with Crippen LogP contribution in [0, 0.1) is 23.7 Å². The Labute approximate surface area is 148 Å². The molecule has 6 heteroatoms. The Balaban J connectivity index is 1.78. The van der Waals surface area contributed by atoms with E-state index in [-0.39, 0.29) is 42.8 Å². The Kier molecular flexibility index (Phi) is 4.71. The zero-order valence-electron chi connectivity index (χ0n) is 15.2. The fourth-order valence-corrected chi connectivity index (χ4v) is 4.98. The van der Waals surface area contributed by atoms with Gasteiger partial charge in [-0.3, -0.25) is 9.59 Å². The lowest BCUT2D eigenvalue weighted by molar-refractivity contribution is -0.234. The predicted molar refractivity (Wildman–Crippen MR) is 89.5 cm³/mol. The number of aliphatic hydroxyl groups is 1. The molecule has 1 unspecified atom stereocenters. The highest BCUT2D eigenvalue weighted by molar-refractivity contribution is 5.76. The lowest BCUT2D eigenvalue weighted by Crippen LogP contribution is -2.47. The molecule has 3 rings (SSSR count). The summed E-state index contributed by atoms with van der Waals surface area (Å²) in [5, 5.41) is 19.8. The number of rotatable bonds is 6. The normalized spacial score (nSPS) is 39.2. The van der Waals surface area contributed by atoms with Crippen molar-refractivity contribution in [1.82, 2.24) is 0 Å². The quantitative estimate of drug-likeness (QED) is 0.563. The second-order valence-corrected chi connectivity index (χ2v) is 8.17. The molecule has 1 spiro atoms. The van der Waals surface area contributed by atoms with E-state index >= 15 is 0 Å². The van der Waals surface area contributed by atoms with Crippen LogP contribution in [0.3, 0.4) is 0 Å². The number of carbonyl (C=O) groups is 2. The molecular weight excluding hydrogens is 324 g/mol. The number of hydrogen-bond acceptors (Lipinski definition) is 5. The van der Waals surface area contributed by atoms with Crippen molar-refractivity contribution in [2.45, 2.75) is 64.3 Å². The first-order valence-corrected chi connectivity index (χ1v) is 9.19. The fraction of sp³-hybridized carbons (Fsp3) is 0.789. The van der Waals surface area contributed by atoms with E-state index in [0.29, 0.717) is 5.92 Å². The molecule has 0 amide bonds. The molecule has 2 aliphatic heterocycles. The summed E-state index contributed by atoms with van der Waals surface area (Å²) in [7, 11) is 0. The van der Waals surface area contributed by atoms with E-state index < -0.39 is 17.7 Å². The zero-order valence-corrected chi connectivity index (χ0v) is 15.2. The maximum absolute atomic E-state index is 11.8. The summed E-state index contributed by atoms with van der Waals surface area (Å²) in [6.07, 6.45) is 4.20. The molecular formula is C19H28O6. The molecule has 1 saturated heterocycles. The summed E-state index contributed by atoms with van der Waals surface area (Å²) in [6, 6.07) is 0. The molecule has 0 aromatic rings. The number of carboxylic acid groups (broad SMARTS) is 1. The van der Waals surface area contributed by atoms with Gasteiger partial charge in [0.2, 0.25) is 0 Å². The van der Waals surface area contributed by atoms with Gasteiger partial charge in [0.05, 0.1) is 18.4 Å². The first-order valence-electron chi connectivity index (χ1n) is 9.19. The molecule has 140 valence electrons. The monoisotopic (exact) mass is 352 g/mol. The van der Waals surface area contributed by atoms with Crippen molar-refractivity contribution < 1.29 is 29.3 Å².